The van der Waals surface area contributed by atoms with Gasteiger partial charge in [-0.25, -0.2) is 13.2 Å². The van der Waals surface area contributed by atoms with E-state index >= 15 is 0 Å². The van der Waals surface area contributed by atoms with E-state index in [1.165, 1.54) is 30.3 Å². The van der Waals surface area contributed by atoms with Crippen LogP contribution in [0.3, 0.4) is 0 Å². The molecule has 0 heterocycles. The second kappa shape index (κ2) is 5.83. The fourth-order valence-electron chi connectivity index (χ4n) is 1.57. The maximum atomic E-state index is 13.6. The fourth-order valence-corrected chi connectivity index (χ4v) is 2.41. The Balaban J connectivity index is 2.23. The lowest BCUT2D eigenvalue weighted by atomic mass is 10.1. The molecule has 0 nitrogen and oxygen atoms in total. The number of benzene rings is 2. The van der Waals surface area contributed by atoms with Crippen molar-refractivity contribution >= 4 is 11.8 Å². The van der Waals surface area contributed by atoms with Crippen LogP contribution in [0.1, 0.15) is 5.56 Å². The number of hydrogen-bond acceptors (Lipinski definition) is 1. The van der Waals surface area contributed by atoms with Gasteiger partial charge in [-0.15, -0.1) is 0 Å². The first-order valence-electron chi connectivity index (χ1n) is 5.59. The van der Waals surface area contributed by atoms with Gasteiger partial charge >= 0.3 is 5.92 Å². The molecule has 0 bridgehead atoms. The highest BCUT2D eigenvalue weighted by Crippen LogP contribution is 2.34. The molecular formula is C14H9F5S. The van der Waals surface area contributed by atoms with Crippen LogP contribution in [0.2, 0.25) is 0 Å². The zero-order chi connectivity index (χ0) is 14.8. The summed E-state index contributed by atoms with van der Waals surface area (Å²) in [4.78, 5) is 1.00. The quantitative estimate of drug-likeness (QED) is 0.702. The Morgan fingerprint density at radius 3 is 2.05 bits per heavy atom. The Labute approximate surface area is 116 Å². The Bertz CT molecular complexity index is 595. The van der Waals surface area contributed by atoms with Gasteiger partial charge in [0.15, 0.2) is 6.67 Å². The maximum Gasteiger partial charge on any atom is 0.303 e. The van der Waals surface area contributed by atoms with Crippen molar-refractivity contribution in [1.82, 2.24) is 0 Å². The van der Waals surface area contributed by atoms with Crippen LogP contribution in [-0.2, 0) is 5.92 Å². The van der Waals surface area contributed by atoms with Crippen LogP contribution in [0.15, 0.2) is 52.3 Å². The van der Waals surface area contributed by atoms with Crippen molar-refractivity contribution in [3.63, 3.8) is 0 Å². The smallest absolute Gasteiger partial charge is 0.244 e. The molecule has 6 heteroatoms. The summed E-state index contributed by atoms with van der Waals surface area (Å²) < 4.78 is 64.6. The van der Waals surface area contributed by atoms with E-state index in [9.17, 15) is 22.0 Å². The number of rotatable bonds is 4. The SMILES string of the molecule is FCC(F)(F)c1ccc(Sc2ccc(F)cc2)cc1F. The molecule has 0 atom stereocenters. The van der Waals surface area contributed by atoms with Crippen LogP contribution in [0.4, 0.5) is 22.0 Å². The molecule has 2 aromatic carbocycles. The zero-order valence-electron chi connectivity index (χ0n) is 10.0. The second-order valence-corrected chi connectivity index (χ2v) is 5.18. The van der Waals surface area contributed by atoms with E-state index in [0.717, 1.165) is 23.9 Å². The molecule has 0 fully saturated rings. The number of halogens is 5. The van der Waals surface area contributed by atoms with Gasteiger partial charge in [0.05, 0.1) is 5.56 Å². The lowest BCUT2D eigenvalue weighted by molar-refractivity contribution is -0.0312. The van der Waals surface area contributed by atoms with E-state index in [4.69, 9.17) is 0 Å². The first-order valence-corrected chi connectivity index (χ1v) is 6.41. The molecule has 0 spiro atoms. The molecule has 0 saturated carbocycles. The molecule has 106 valence electrons. The van der Waals surface area contributed by atoms with Gasteiger partial charge in [-0.1, -0.05) is 11.8 Å². The predicted octanol–water partition coefficient (Wildman–Crippen LogP) is 5.18. The van der Waals surface area contributed by atoms with Crippen molar-refractivity contribution in [2.24, 2.45) is 0 Å². The largest absolute Gasteiger partial charge is 0.303 e. The van der Waals surface area contributed by atoms with Crippen LogP contribution in [0.25, 0.3) is 0 Å². The Morgan fingerprint density at radius 1 is 0.900 bits per heavy atom. The van der Waals surface area contributed by atoms with Gasteiger partial charge in [-0.3, -0.25) is 0 Å². The standard InChI is InChI=1S/C14H9F5S/c15-8-14(18,19)12-6-5-11(7-13(12)17)20-10-3-1-9(16)2-4-10/h1-7H,8H2. The summed E-state index contributed by atoms with van der Waals surface area (Å²) in [5, 5.41) is 0. The van der Waals surface area contributed by atoms with E-state index in [0.29, 0.717) is 9.79 Å². The summed E-state index contributed by atoms with van der Waals surface area (Å²) in [7, 11) is 0. The molecule has 2 aromatic rings. The monoisotopic (exact) mass is 304 g/mol. The number of hydrogen-bond donors (Lipinski definition) is 0. The summed E-state index contributed by atoms with van der Waals surface area (Å²) in [5.41, 5.74) is -0.969. The van der Waals surface area contributed by atoms with Crippen molar-refractivity contribution in [1.29, 1.82) is 0 Å². The summed E-state index contributed by atoms with van der Waals surface area (Å²) in [5.74, 6) is -5.40. The molecule has 0 radical (unpaired) electrons. The molecule has 0 N–H and O–H groups in total. The Hall–Kier alpha value is -1.56. The molecular weight excluding hydrogens is 295 g/mol. The molecule has 20 heavy (non-hydrogen) atoms. The topological polar surface area (TPSA) is 0 Å². The zero-order valence-corrected chi connectivity index (χ0v) is 10.9. The summed E-state index contributed by atoms with van der Waals surface area (Å²) in [6.07, 6.45) is 0. The Morgan fingerprint density at radius 2 is 1.50 bits per heavy atom. The third-order valence-electron chi connectivity index (χ3n) is 2.55. The highest BCUT2D eigenvalue weighted by Gasteiger charge is 2.34. The van der Waals surface area contributed by atoms with Crippen molar-refractivity contribution in [3.8, 4) is 0 Å². The summed E-state index contributed by atoms with van der Waals surface area (Å²) >= 11 is 1.09. The first-order chi connectivity index (χ1) is 9.42. The fraction of sp³-hybridized carbons (Fsp3) is 0.143. The van der Waals surface area contributed by atoms with Crippen LogP contribution in [0, 0.1) is 11.6 Å². The average molecular weight is 304 g/mol. The third-order valence-corrected chi connectivity index (χ3v) is 3.55. The molecule has 0 aliphatic rings. The lowest BCUT2D eigenvalue weighted by Gasteiger charge is -2.14. The average Bonchev–Trinajstić information content (AvgIpc) is 2.41. The van der Waals surface area contributed by atoms with Crippen LogP contribution < -0.4 is 0 Å². The second-order valence-electron chi connectivity index (χ2n) is 4.04. The van der Waals surface area contributed by atoms with Gasteiger partial charge < -0.3 is 0 Å². The normalized spacial score (nSPS) is 11.7. The van der Waals surface area contributed by atoms with Crippen LogP contribution >= 0.6 is 11.8 Å². The lowest BCUT2D eigenvalue weighted by Crippen LogP contribution is -2.17. The minimum absolute atomic E-state index is 0.368. The summed E-state index contributed by atoms with van der Waals surface area (Å²) in [6, 6.07) is 8.50. The van der Waals surface area contributed by atoms with Gasteiger partial charge in [0.1, 0.15) is 11.6 Å². The van der Waals surface area contributed by atoms with Crippen LogP contribution in [0.5, 0.6) is 0 Å². The van der Waals surface area contributed by atoms with Gasteiger partial charge in [0, 0.05) is 9.79 Å². The van der Waals surface area contributed by atoms with E-state index < -0.39 is 29.8 Å². The molecule has 2 rings (SSSR count). The maximum absolute atomic E-state index is 13.6. The van der Waals surface area contributed by atoms with E-state index in [1.807, 2.05) is 0 Å². The molecule has 0 amide bonds. The Kier molecular flexibility index (Phi) is 4.32. The highest BCUT2D eigenvalue weighted by molar-refractivity contribution is 7.99. The summed E-state index contributed by atoms with van der Waals surface area (Å²) in [6.45, 7) is -1.95. The van der Waals surface area contributed by atoms with Crippen molar-refractivity contribution in [2.75, 3.05) is 6.67 Å². The first kappa shape index (κ1) is 14.8. The predicted molar refractivity (Wildman–Crippen MR) is 66.8 cm³/mol. The molecule has 0 saturated heterocycles. The minimum atomic E-state index is -3.83. The van der Waals surface area contributed by atoms with Gasteiger partial charge in [0.2, 0.25) is 0 Å². The van der Waals surface area contributed by atoms with Crippen molar-refractivity contribution < 1.29 is 22.0 Å². The van der Waals surface area contributed by atoms with Crippen LogP contribution in [-0.4, -0.2) is 6.67 Å². The van der Waals surface area contributed by atoms with Gasteiger partial charge in [-0.2, -0.15) is 8.78 Å². The van der Waals surface area contributed by atoms with Gasteiger partial charge in [-0.05, 0) is 42.5 Å². The van der Waals surface area contributed by atoms with Crippen molar-refractivity contribution in [2.45, 2.75) is 15.7 Å². The van der Waals surface area contributed by atoms with Crippen molar-refractivity contribution in [3.05, 3.63) is 59.7 Å². The van der Waals surface area contributed by atoms with E-state index in [1.54, 1.807) is 0 Å². The van der Waals surface area contributed by atoms with Gasteiger partial charge in [0.25, 0.3) is 0 Å². The van der Waals surface area contributed by atoms with E-state index in [2.05, 4.69) is 0 Å². The van der Waals surface area contributed by atoms with E-state index in [-0.39, 0.29) is 0 Å². The minimum Gasteiger partial charge on any atom is -0.244 e. The highest BCUT2D eigenvalue weighted by atomic mass is 32.2. The third kappa shape index (κ3) is 3.30. The molecule has 0 unspecified atom stereocenters. The molecule has 0 aliphatic carbocycles. The molecule has 0 aromatic heterocycles. The molecule has 0 aliphatic heterocycles. The number of alkyl halides is 3.